The van der Waals surface area contributed by atoms with E-state index >= 15 is 0 Å². The molecule has 64 valence electrons. The predicted molar refractivity (Wildman–Crippen MR) is 37.8 cm³/mol. The van der Waals surface area contributed by atoms with Crippen LogP contribution < -0.4 is 5.32 Å². The Kier molecular flexibility index (Phi) is 2.84. The summed E-state index contributed by atoms with van der Waals surface area (Å²) in [5.74, 6) is -0.205. The average Bonchev–Trinajstić information content (AvgIpc) is 2.36. The van der Waals surface area contributed by atoms with Gasteiger partial charge in [0.1, 0.15) is 12.6 Å². The van der Waals surface area contributed by atoms with Crippen molar-refractivity contribution in [2.45, 2.75) is 25.5 Å². The maximum atomic E-state index is 11.0. The van der Waals surface area contributed by atoms with Gasteiger partial charge in [-0.15, -0.1) is 0 Å². The lowest BCUT2D eigenvalue weighted by Gasteiger charge is -2.04. The summed E-state index contributed by atoms with van der Waals surface area (Å²) in [6, 6.07) is -0.176. The van der Waals surface area contributed by atoms with Gasteiger partial charge in [-0.1, -0.05) is 0 Å². The third kappa shape index (κ3) is 2.17. The second-order valence-corrected chi connectivity index (χ2v) is 2.72. The lowest BCUT2D eigenvalue weighted by molar-refractivity contribution is -0.661. The Morgan fingerprint density at radius 2 is 2.55 bits per heavy atom. The van der Waals surface area contributed by atoms with Crippen LogP contribution in [0.3, 0.4) is 0 Å². The largest absolute Gasteiger partial charge is 0.462 e. The van der Waals surface area contributed by atoms with Crippen molar-refractivity contribution in [1.82, 2.24) is 0 Å². The topological polar surface area (TPSA) is 63.1 Å². The Balaban J connectivity index is 2.31. The van der Waals surface area contributed by atoms with Crippen molar-refractivity contribution in [3.05, 3.63) is 0 Å². The lowest BCUT2D eigenvalue weighted by atomic mass is 10.2. The predicted octanol–water partition coefficient (Wildman–Crippen LogP) is -1.75. The van der Waals surface area contributed by atoms with E-state index < -0.39 is 0 Å². The first kappa shape index (κ1) is 8.49. The van der Waals surface area contributed by atoms with Crippen LogP contribution in [0.2, 0.25) is 0 Å². The zero-order valence-electron chi connectivity index (χ0n) is 6.62. The summed E-state index contributed by atoms with van der Waals surface area (Å²) in [5.41, 5.74) is 0. The fourth-order valence-electron chi connectivity index (χ4n) is 1.25. The van der Waals surface area contributed by atoms with Crippen molar-refractivity contribution < 1.29 is 20.0 Å². The van der Waals surface area contributed by atoms with Crippen LogP contribution in [0.4, 0.5) is 0 Å². The monoisotopic (exact) mass is 160 g/mol. The van der Waals surface area contributed by atoms with Gasteiger partial charge in [0.05, 0.1) is 6.61 Å². The van der Waals surface area contributed by atoms with E-state index in [0.717, 1.165) is 0 Å². The normalized spacial score (nSPS) is 30.4. The number of hydrogen-bond donors (Lipinski definition) is 2. The van der Waals surface area contributed by atoms with Crippen molar-refractivity contribution in [3.63, 3.8) is 0 Å². The number of ether oxygens (including phenoxy) is 1. The van der Waals surface area contributed by atoms with Gasteiger partial charge >= 0.3 is 5.97 Å². The van der Waals surface area contributed by atoms with Crippen molar-refractivity contribution in [2.24, 2.45) is 0 Å². The number of aliphatic hydroxyl groups is 1. The molecular formula is C7H14NO3+. The number of hydrogen-bond acceptors (Lipinski definition) is 3. The van der Waals surface area contributed by atoms with Gasteiger partial charge in [-0.3, -0.25) is 0 Å². The van der Waals surface area contributed by atoms with E-state index in [1.165, 1.54) is 0 Å². The molecule has 0 aromatic rings. The average molecular weight is 160 g/mol. The van der Waals surface area contributed by atoms with Crippen LogP contribution in [0.5, 0.6) is 0 Å². The minimum Gasteiger partial charge on any atom is -0.462 e. The number of esters is 1. The van der Waals surface area contributed by atoms with Crippen molar-refractivity contribution >= 4 is 5.97 Å². The molecule has 1 aliphatic rings. The molecule has 0 unspecified atom stereocenters. The third-order valence-electron chi connectivity index (χ3n) is 1.81. The summed E-state index contributed by atoms with van der Waals surface area (Å²) in [5, 5.41) is 10.9. The summed E-state index contributed by atoms with van der Waals surface area (Å²) in [4.78, 5) is 11.0. The summed E-state index contributed by atoms with van der Waals surface area (Å²) in [7, 11) is 0. The molecule has 0 aromatic carbocycles. The molecule has 0 amide bonds. The van der Waals surface area contributed by atoms with Gasteiger partial charge in [-0.2, -0.15) is 0 Å². The van der Waals surface area contributed by atoms with Crippen LogP contribution >= 0.6 is 0 Å². The van der Waals surface area contributed by atoms with Crippen LogP contribution in [-0.4, -0.2) is 36.4 Å². The second-order valence-electron chi connectivity index (χ2n) is 2.72. The highest BCUT2D eigenvalue weighted by atomic mass is 16.5. The molecule has 0 saturated carbocycles. The number of aliphatic hydroxyl groups excluding tert-OH is 1. The van der Waals surface area contributed by atoms with Gasteiger partial charge in [-0.05, 0) is 6.92 Å². The van der Waals surface area contributed by atoms with Crippen LogP contribution in [0.15, 0.2) is 0 Å². The van der Waals surface area contributed by atoms with Gasteiger partial charge < -0.3 is 15.2 Å². The highest BCUT2D eigenvalue weighted by Gasteiger charge is 2.33. The number of carbonyl (C=O) groups is 1. The Hall–Kier alpha value is -0.610. The molecule has 0 spiro atoms. The van der Waals surface area contributed by atoms with E-state index in [1.54, 1.807) is 6.92 Å². The second kappa shape index (κ2) is 3.69. The molecule has 4 heteroatoms. The quantitative estimate of drug-likeness (QED) is 0.471. The first-order valence-electron chi connectivity index (χ1n) is 3.92. The van der Waals surface area contributed by atoms with E-state index in [2.05, 4.69) is 0 Å². The molecule has 11 heavy (non-hydrogen) atoms. The highest BCUT2D eigenvalue weighted by molar-refractivity contribution is 5.74. The summed E-state index contributed by atoms with van der Waals surface area (Å²) in [6.45, 7) is 2.81. The molecule has 0 bridgehead atoms. The fraction of sp³-hybridized carbons (Fsp3) is 0.857. The molecule has 3 N–H and O–H groups in total. The van der Waals surface area contributed by atoms with Crippen molar-refractivity contribution in [3.8, 4) is 0 Å². The summed E-state index contributed by atoms with van der Waals surface area (Å²) < 4.78 is 4.79. The number of nitrogens with two attached hydrogens (primary N) is 1. The lowest BCUT2D eigenvalue weighted by Crippen LogP contribution is -2.89. The maximum Gasteiger partial charge on any atom is 0.364 e. The molecule has 4 nitrogen and oxygen atoms in total. The molecule has 0 aromatic heterocycles. The third-order valence-corrected chi connectivity index (χ3v) is 1.81. The molecule has 1 rings (SSSR count). The van der Waals surface area contributed by atoms with Gasteiger partial charge in [0, 0.05) is 6.42 Å². The SMILES string of the molecule is CCOC(=O)[C@@H]1C[C@@H](O)C[NH2+]1. The van der Waals surface area contributed by atoms with Crippen LogP contribution in [0, 0.1) is 0 Å². The molecular weight excluding hydrogens is 146 g/mol. The zero-order chi connectivity index (χ0) is 8.27. The molecule has 1 fully saturated rings. The van der Waals surface area contributed by atoms with E-state index in [1.807, 2.05) is 5.32 Å². The first-order valence-corrected chi connectivity index (χ1v) is 3.92. The van der Waals surface area contributed by atoms with Gasteiger partial charge in [-0.25, -0.2) is 4.79 Å². The van der Waals surface area contributed by atoms with Crippen molar-refractivity contribution in [2.75, 3.05) is 13.2 Å². The Morgan fingerprint density at radius 3 is 3.00 bits per heavy atom. The first-order chi connectivity index (χ1) is 5.24. The number of carbonyl (C=O) groups excluding carboxylic acids is 1. The number of rotatable bonds is 2. The van der Waals surface area contributed by atoms with E-state index in [4.69, 9.17) is 9.84 Å². The minimum absolute atomic E-state index is 0.176. The van der Waals surface area contributed by atoms with Gasteiger partial charge in [0.25, 0.3) is 0 Å². The molecule has 2 atom stereocenters. The Morgan fingerprint density at radius 1 is 1.82 bits per heavy atom. The zero-order valence-corrected chi connectivity index (χ0v) is 6.62. The molecule has 1 heterocycles. The summed E-state index contributed by atoms with van der Waals surface area (Å²) >= 11 is 0. The Labute approximate surface area is 65.5 Å². The molecule has 1 saturated heterocycles. The minimum atomic E-state index is -0.343. The maximum absolute atomic E-state index is 11.0. The van der Waals surface area contributed by atoms with Crippen LogP contribution in [0.1, 0.15) is 13.3 Å². The van der Waals surface area contributed by atoms with E-state index in [0.29, 0.717) is 19.6 Å². The van der Waals surface area contributed by atoms with E-state index in [9.17, 15) is 4.79 Å². The van der Waals surface area contributed by atoms with Gasteiger partial charge in [0.15, 0.2) is 6.04 Å². The smallest absolute Gasteiger partial charge is 0.364 e. The fourth-order valence-corrected chi connectivity index (χ4v) is 1.25. The van der Waals surface area contributed by atoms with Crippen LogP contribution in [-0.2, 0) is 9.53 Å². The molecule has 1 aliphatic heterocycles. The highest BCUT2D eigenvalue weighted by Crippen LogP contribution is 2.00. The standard InChI is InChI=1S/C7H13NO3/c1-2-11-7(10)6-3-5(9)4-8-6/h5-6,8-9H,2-4H2,1H3/p+1/t5-,6+/m1/s1. The molecule has 0 aliphatic carbocycles. The van der Waals surface area contributed by atoms with E-state index in [-0.39, 0.29) is 18.1 Å². The van der Waals surface area contributed by atoms with Crippen molar-refractivity contribution in [1.29, 1.82) is 0 Å². The number of quaternary nitrogens is 1. The molecule has 0 radical (unpaired) electrons. The summed E-state index contributed by atoms with van der Waals surface area (Å²) in [6.07, 6.45) is 0.183. The van der Waals surface area contributed by atoms with Crippen LogP contribution in [0.25, 0.3) is 0 Å². The van der Waals surface area contributed by atoms with Gasteiger partial charge in [0.2, 0.25) is 0 Å². The Bertz CT molecular complexity index is 149.